The molecule has 2 aromatic carbocycles. The fourth-order valence-corrected chi connectivity index (χ4v) is 2.10. The van der Waals surface area contributed by atoms with E-state index < -0.39 is 23.5 Å². The van der Waals surface area contributed by atoms with Gasteiger partial charge in [0.15, 0.2) is 0 Å². The van der Waals surface area contributed by atoms with Crippen molar-refractivity contribution in [3.8, 4) is 5.75 Å². The Morgan fingerprint density at radius 1 is 1.10 bits per heavy atom. The van der Waals surface area contributed by atoms with E-state index in [0.29, 0.717) is 30.1 Å². The number of nitrogens with one attached hydrogen (secondary N) is 1. The number of nitrogens with two attached hydrogens (primary N) is 1. The van der Waals surface area contributed by atoms with Crippen molar-refractivity contribution in [2.24, 2.45) is 5.84 Å². The highest BCUT2D eigenvalue weighted by molar-refractivity contribution is 5.36. The van der Waals surface area contributed by atoms with Crippen LogP contribution < -0.4 is 16.0 Å². The van der Waals surface area contributed by atoms with Crippen molar-refractivity contribution >= 4 is 0 Å². The van der Waals surface area contributed by atoms with Crippen LogP contribution in [0.4, 0.5) is 13.2 Å². The zero-order chi connectivity index (χ0) is 15.4. The Morgan fingerprint density at radius 2 is 1.67 bits per heavy atom. The first-order valence-corrected chi connectivity index (χ1v) is 6.40. The van der Waals surface area contributed by atoms with Gasteiger partial charge in [0, 0.05) is 17.7 Å². The van der Waals surface area contributed by atoms with Crippen LogP contribution in [0.15, 0.2) is 36.4 Å². The quantitative estimate of drug-likeness (QED) is 0.658. The van der Waals surface area contributed by atoms with Gasteiger partial charge in [-0.3, -0.25) is 5.84 Å². The van der Waals surface area contributed by atoms with E-state index in [2.05, 4.69) is 5.43 Å². The molecule has 0 aliphatic heterocycles. The van der Waals surface area contributed by atoms with Gasteiger partial charge in [0.05, 0.1) is 12.6 Å². The lowest BCUT2D eigenvalue weighted by Crippen LogP contribution is -2.30. The van der Waals surface area contributed by atoms with Gasteiger partial charge in [-0.15, -0.1) is 0 Å². The summed E-state index contributed by atoms with van der Waals surface area (Å²) < 4.78 is 45.9. The Morgan fingerprint density at radius 3 is 2.14 bits per heavy atom. The van der Waals surface area contributed by atoms with Crippen LogP contribution in [0, 0.1) is 17.5 Å². The Kier molecular flexibility index (Phi) is 4.82. The van der Waals surface area contributed by atoms with Gasteiger partial charge in [-0.05, 0) is 24.6 Å². The number of hydrogen-bond donors (Lipinski definition) is 2. The molecule has 2 rings (SSSR count). The number of hydrogen-bond acceptors (Lipinski definition) is 3. The van der Waals surface area contributed by atoms with Gasteiger partial charge in [0.25, 0.3) is 0 Å². The van der Waals surface area contributed by atoms with Crippen molar-refractivity contribution in [1.82, 2.24) is 5.43 Å². The molecular formula is C15H15F3N2O. The van der Waals surface area contributed by atoms with E-state index in [0.717, 1.165) is 0 Å². The van der Waals surface area contributed by atoms with Gasteiger partial charge in [-0.1, -0.05) is 12.1 Å². The van der Waals surface area contributed by atoms with Crippen LogP contribution >= 0.6 is 0 Å². The molecule has 6 heteroatoms. The average molecular weight is 296 g/mol. The summed E-state index contributed by atoms with van der Waals surface area (Å²) in [6.07, 6.45) is 0. The minimum Gasteiger partial charge on any atom is -0.494 e. The van der Waals surface area contributed by atoms with Crippen LogP contribution in [0.1, 0.15) is 24.1 Å². The highest BCUT2D eigenvalue weighted by Gasteiger charge is 2.22. The lowest BCUT2D eigenvalue weighted by atomic mass is 9.98. The monoisotopic (exact) mass is 296 g/mol. The molecule has 1 unspecified atom stereocenters. The SMILES string of the molecule is CCOc1ccc(C(NN)c2c(F)cc(F)cc2F)cc1. The Hall–Kier alpha value is -2.05. The standard InChI is InChI=1S/C15H15F3N2O/c1-2-21-11-5-3-9(4-6-11)15(20-19)14-12(17)7-10(16)8-13(14)18/h3-8,15,20H,2,19H2,1H3. The third-order valence-corrected chi connectivity index (χ3v) is 3.02. The Balaban J connectivity index is 2.40. The summed E-state index contributed by atoms with van der Waals surface area (Å²) in [5.74, 6) is 3.07. The van der Waals surface area contributed by atoms with Crippen LogP contribution in [0.3, 0.4) is 0 Å². The maximum atomic E-state index is 13.8. The maximum absolute atomic E-state index is 13.8. The highest BCUT2D eigenvalue weighted by Crippen LogP contribution is 2.28. The number of benzene rings is 2. The first kappa shape index (κ1) is 15.3. The first-order chi connectivity index (χ1) is 10.1. The Labute approximate surface area is 120 Å². The van der Waals surface area contributed by atoms with Gasteiger partial charge < -0.3 is 4.74 Å². The summed E-state index contributed by atoms with van der Waals surface area (Å²) in [7, 11) is 0. The van der Waals surface area contributed by atoms with E-state index in [1.807, 2.05) is 6.92 Å². The molecule has 1 atom stereocenters. The highest BCUT2D eigenvalue weighted by atomic mass is 19.1. The lowest BCUT2D eigenvalue weighted by molar-refractivity contribution is 0.340. The average Bonchev–Trinajstić information content (AvgIpc) is 2.44. The number of rotatable bonds is 5. The molecular weight excluding hydrogens is 281 g/mol. The molecule has 0 fully saturated rings. The smallest absolute Gasteiger partial charge is 0.134 e. The molecule has 0 aliphatic rings. The van der Waals surface area contributed by atoms with Gasteiger partial charge >= 0.3 is 0 Å². The second-order valence-electron chi connectivity index (χ2n) is 4.38. The van der Waals surface area contributed by atoms with Crippen molar-refractivity contribution in [2.75, 3.05) is 6.61 Å². The van der Waals surface area contributed by atoms with E-state index in [1.54, 1.807) is 24.3 Å². The van der Waals surface area contributed by atoms with Crippen LogP contribution in [0.2, 0.25) is 0 Å². The topological polar surface area (TPSA) is 47.3 Å². The molecule has 0 heterocycles. The number of hydrazine groups is 1. The second-order valence-corrected chi connectivity index (χ2v) is 4.38. The summed E-state index contributed by atoms with van der Waals surface area (Å²) >= 11 is 0. The summed E-state index contributed by atoms with van der Waals surface area (Å²) in [6.45, 7) is 2.36. The zero-order valence-corrected chi connectivity index (χ0v) is 11.4. The predicted molar refractivity (Wildman–Crippen MR) is 73.1 cm³/mol. The molecule has 2 aromatic rings. The van der Waals surface area contributed by atoms with Gasteiger partial charge in [0.2, 0.25) is 0 Å². The summed E-state index contributed by atoms with van der Waals surface area (Å²) in [6, 6.07) is 6.93. The largest absolute Gasteiger partial charge is 0.494 e. The minimum absolute atomic E-state index is 0.331. The maximum Gasteiger partial charge on any atom is 0.134 e. The van der Waals surface area contributed by atoms with E-state index in [1.165, 1.54) is 0 Å². The van der Waals surface area contributed by atoms with Crippen molar-refractivity contribution in [3.05, 3.63) is 65.0 Å². The van der Waals surface area contributed by atoms with E-state index in [-0.39, 0.29) is 5.56 Å². The van der Waals surface area contributed by atoms with Gasteiger partial charge in [0.1, 0.15) is 23.2 Å². The van der Waals surface area contributed by atoms with Gasteiger partial charge in [-0.25, -0.2) is 18.6 Å². The second kappa shape index (κ2) is 6.60. The Bertz CT molecular complexity index is 594. The number of ether oxygens (including phenoxy) is 1. The normalized spacial score (nSPS) is 12.2. The summed E-state index contributed by atoms with van der Waals surface area (Å²) in [4.78, 5) is 0. The van der Waals surface area contributed by atoms with Crippen molar-refractivity contribution in [3.63, 3.8) is 0 Å². The molecule has 0 radical (unpaired) electrons. The minimum atomic E-state index is -0.996. The molecule has 0 bridgehead atoms. The van der Waals surface area contributed by atoms with Crippen molar-refractivity contribution < 1.29 is 17.9 Å². The van der Waals surface area contributed by atoms with Crippen molar-refractivity contribution in [1.29, 1.82) is 0 Å². The molecule has 21 heavy (non-hydrogen) atoms. The zero-order valence-electron chi connectivity index (χ0n) is 11.4. The molecule has 0 spiro atoms. The van der Waals surface area contributed by atoms with Crippen LogP contribution in [-0.2, 0) is 0 Å². The van der Waals surface area contributed by atoms with Crippen molar-refractivity contribution in [2.45, 2.75) is 13.0 Å². The van der Waals surface area contributed by atoms with Crippen LogP contribution in [0.5, 0.6) is 5.75 Å². The molecule has 0 saturated heterocycles. The molecule has 0 saturated carbocycles. The molecule has 112 valence electrons. The molecule has 0 aliphatic carbocycles. The predicted octanol–water partition coefficient (Wildman–Crippen LogP) is 3.06. The summed E-state index contributed by atoms with van der Waals surface area (Å²) in [5.41, 5.74) is 2.55. The van der Waals surface area contributed by atoms with Gasteiger partial charge in [-0.2, -0.15) is 0 Å². The van der Waals surface area contributed by atoms with Crippen LogP contribution in [-0.4, -0.2) is 6.61 Å². The fourth-order valence-electron chi connectivity index (χ4n) is 2.10. The summed E-state index contributed by atoms with van der Waals surface area (Å²) in [5, 5.41) is 0. The van der Waals surface area contributed by atoms with E-state index >= 15 is 0 Å². The van der Waals surface area contributed by atoms with E-state index in [4.69, 9.17) is 10.6 Å². The molecule has 0 aromatic heterocycles. The lowest BCUT2D eigenvalue weighted by Gasteiger charge is -2.18. The number of halogens is 3. The molecule has 0 amide bonds. The third kappa shape index (κ3) is 3.34. The van der Waals surface area contributed by atoms with Crippen LogP contribution in [0.25, 0.3) is 0 Å². The van der Waals surface area contributed by atoms with E-state index in [9.17, 15) is 13.2 Å². The fraction of sp³-hybridized carbons (Fsp3) is 0.200. The molecule has 3 nitrogen and oxygen atoms in total. The first-order valence-electron chi connectivity index (χ1n) is 6.40. The molecule has 3 N–H and O–H groups in total. The third-order valence-electron chi connectivity index (χ3n) is 3.02.